The van der Waals surface area contributed by atoms with Crippen molar-refractivity contribution >= 4 is 17.4 Å². The van der Waals surface area contributed by atoms with Crippen LogP contribution in [0.5, 0.6) is 5.75 Å². The van der Waals surface area contributed by atoms with Crippen molar-refractivity contribution < 1.29 is 14.5 Å². The second-order valence-electron chi connectivity index (χ2n) is 3.94. The smallest absolute Gasteiger partial charge is 0.310 e. The molecule has 0 saturated carbocycles. The maximum atomic E-state index is 11.6. The summed E-state index contributed by atoms with van der Waals surface area (Å²) >= 11 is 0. The summed E-state index contributed by atoms with van der Waals surface area (Å²) in [5, 5.41) is 17.3. The number of aromatic nitrogens is 2. The lowest BCUT2D eigenvalue weighted by atomic mass is 10.3. The molecule has 20 heavy (non-hydrogen) atoms. The van der Waals surface area contributed by atoms with Crippen LogP contribution in [0.4, 0.5) is 11.5 Å². The number of rotatable bonds is 5. The predicted octanol–water partition coefficient (Wildman–Crippen LogP) is 1.35. The molecule has 104 valence electrons. The molecule has 8 heteroatoms. The quantitative estimate of drug-likeness (QED) is 0.656. The lowest BCUT2D eigenvalue weighted by Crippen LogP contribution is -2.20. The molecular formula is C12H12N4O4. The Morgan fingerprint density at radius 3 is 2.85 bits per heavy atom. The van der Waals surface area contributed by atoms with Crippen LogP contribution in [0.1, 0.15) is 0 Å². The first kappa shape index (κ1) is 13.5. The normalized spacial score (nSPS) is 10.1. The number of hydrogen-bond acceptors (Lipinski definition) is 5. The number of aryl methyl sites for hydroxylation is 1. The van der Waals surface area contributed by atoms with Crippen molar-refractivity contribution in [3.05, 3.63) is 46.6 Å². The number of hydrogen-bond donors (Lipinski definition) is 1. The van der Waals surface area contributed by atoms with Gasteiger partial charge in [-0.25, -0.2) is 0 Å². The molecule has 0 aliphatic carbocycles. The van der Waals surface area contributed by atoms with E-state index in [1.165, 1.54) is 18.2 Å². The first-order valence-corrected chi connectivity index (χ1v) is 5.72. The number of ether oxygens (including phenoxy) is 1. The SMILES string of the molecule is Cn1ccc(NC(=O)COc2ccccc2[N+](=O)[O-])n1. The number of nitrogens with one attached hydrogen (secondary N) is 1. The van der Waals surface area contributed by atoms with Gasteiger partial charge in [-0.15, -0.1) is 0 Å². The Balaban J connectivity index is 1.95. The van der Waals surface area contributed by atoms with E-state index in [1.54, 1.807) is 30.1 Å². The highest BCUT2D eigenvalue weighted by atomic mass is 16.6. The highest BCUT2D eigenvalue weighted by molar-refractivity contribution is 5.90. The number of nitro benzene ring substituents is 1. The Kier molecular flexibility index (Phi) is 3.94. The summed E-state index contributed by atoms with van der Waals surface area (Å²) in [7, 11) is 1.72. The van der Waals surface area contributed by atoms with Crippen LogP contribution in [0.3, 0.4) is 0 Å². The topological polar surface area (TPSA) is 99.3 Å². The maximum Gasteiger partial charge on any atom is 0.310 e. The minimum atomic E-state index is -0.564. The van der Waals surface area contributed by atoms with Crippen molar-refractivity contribution in [2.24, 2.45) is 7.05 Å². The number of nitrogens with zero attached hydrogens (tertiary/aromatic N) is 3. The van der Waals surface area contributed by atoms with Gasteiger partial charge < -0.3 is 10.1 Å². The molecule has 8 nitrogen and oxygen atoms in total. The number of para-hydroxylation sites is 2. The van der Waals surface area contributed by atoms with Crippen molar-refractivity contribution in [1.29, 1.82) is 0 Å². The number of carbonyl (C=O) groups excluding carboxylic acids is 1. The van der Waals surface area contributed by atoms with Crippen LogP contribution < -0.4 is 10.1 Å². The average Bonchev–Trinajstić information content (AvgIpc) is 2.82. The molecule has 0 bridgehead atoms. The molecule has 1 aromatic heterocycles. The maximum absolute atomic E-state index is 11.6. The zero-order valence-corrected chi connectivity index (χ0v) is 10.6. The van der Waals surface area contributed by atoms with Gasteiger partial charge in [0.25, 0.3) is 5.91 Å². The molecule has 0 saturated heterocycles. The minimum Gasteiger partial charge on any atom is -0.477 e. The number of nitro groups is 1. The Labute approximate surface area is 114 Å². The van der Waals surface area contributed by atoms with Crippen molar-refractivity contribution in [1.82, 2.24) is 9.78 Å². The standard InChI is InChI=1S/C12H12N4O4/c1-15-7-6-11(14-15)13-12(17)8-20-10-5-3-2-4-9(10)16(18)19/h2-7H,8H2,1H3,(H,13,14,17). The minimum absolute atomic E-state index is 0.0497. The Morgan fingerprint density at radius 1 is 1.45 bits per heavy atom. The molecule has 1 N–H and O–H groups in total. The lowest BCUT2D eigenvalue weighted by Gasteiger charge is -2.06. The largest absolute Gasteiger partial charge is 0.477 e. The van der Waals surface area contributed by atoms with E-state index < -0.39 is 10.8 Å². The summed E-state index contributed by atoms with van der Waals surface area (Å²) < 4.78 is 6.69. The van der Waals surface area contributed by atoms with E-state index >= 15 is 0 Å². The summed E-state index contributed by atoms with van der Waals surface area (Å²) in [6.45, 7) is -0.332. The van der Waals surface area contributed by atoms with Crippen molar-refractivity contribution in [2.45, 2.75) is 0 Å². The van der Waals surface area contributed by atoms with Gasteiger partial charge in [-0.3, -0.25) is 19.6 Å². The Bertz CT molecular complexity index is 638. The molecular weight excluding hydrogens is 264 g/mol. The third kappa shape index (κ3) is 3.31. The van der Waals surface area contributed by atoms with Gasteiger partial charge in [0, 0.05) is 25.4 Å². The second-order valence-corrected chi connectivity index (χ2v) is 3.94. The first-order chi connectivity index (χ1) is 9.56. The summed E-state index contributed by atoms with van der Waals surface area (Å²) in [6.07, 6.45) is 1.68. The molecule has 0 unspecified atom stereocenters. The van der Waals surface area contributed by atoms with Crippen LogP contribution in [-0.2, 0) is 11.8 Å². The van der Waals surface area contributed by atoms with Crippen molar-refractivity contribution in [2.75, 3.05) is 11.9 Å². The van der Waals surface area contributed by atoms with E-state index in [4.69, 9.17) is 4.74 Å². The van der Waals surface area contributed by atoms with Crippen molar-refractivity contribution in [3.8, 4) is 5.75 Å². The molecule has 0 fully saturated rings. The first-order valence-electron chi connectivity index (χ1n) is 5.72. The van der Waals surface area contributed by atoms with E-state index in [9.17, 15) is 14.9 Å². The molecule has 0 radical (unpaired) electrons. The Hall–Kier alpha value is -2.90. The number of anilines is 1. The van der Waals surface area contributed by atoms with Crippen LogP contribution >= 0.6 is 0 Å². The predicted molar refractivity (Wildman–Crippen MR) is 70.4 cm³/mol. The van der Waals surface area contributed by atoms with Crippen LogP contribution in [0.25, 0.3) is 0 Å². The molecule has 1 aromatic carbocycles. The fourth-order valence-corrected chi connectivity index (χ4v) is 1.53. The van der Waals surface area contributed by atoms with E-state index in [-0.39, 0.29) is 18.0 Å². The van der Waals surface area contributed by atoms with Gasteiger partial charge in [0.1, 0.15) is 0 Å². The Morgan fingerprint density at radius 2 is 2.20 bits per heavy atom. The van der Waals surface area contributed by atoms with Crippen LogP contribution in [0, 0.1) is 10.1 Å². The highest BCUT2D eigenvalue weighted by Gasteiger charge is 2.15. The monoisotopic (exact) mass is 276 g/mol. The molecule has 0 aliphatic rings. The van der Waals surface area contributed by atoms with Crippen LogP contribution in [-0.4, -0.2) is 27.2 Å². The van der Waals surface area contributed by atoms with E-state index in [0.717, 1.165) is 0 Å². The van der Waals surface area contributed by atoms with Gasteiger partial charge >= 0.3 is 5.69 Å². The van der Waals surface area contributed by atoms with E-state index in [0.29, 0.717) is 5.82 Å². The lowest BCUT2D eigenvalue weighted by molar-refractivity contribution is -0.385. The van der Waals surface area contributed by atoms with Crippen molar-refractivity contribution in [3.63, 3.8) is 0 Å². The number of amides is 1. The van der Waals surface area contributed by atoms with E-state index in [2.05, 4.69) is 10.4 Å². The van der Waals surface area contributed by atoms with E-state index in [1.807, 2.05) is 0 Å². The van der Waals surface area contributed by atoms with Crippen LogP contribution in [0.15, 0.2) is 36.5 Å². The average molecular weight is 276 g/mol. The zero-order valence-electron chi connectivity index (χ0n) is 10.6. The van der Waals surface area contributed by atoms with Gasteiger partial charge in [-0.2, -0.15) is 5.10 Å². The third-order valence-corrected chi connectivity index (χ3v) is 2.40. The summed E-state index contributed by atoms with van der Waals surface area (Å²) in [5.74, 6) is -0.000756. The summed E-state index contributed by atoms with van der Waals surface area (Å²) in [4.78, 5) is 21.8. The van der Waals surface area contributed by atoms with Gasteiger partial charge in [0.2, 0.25) is 0 Å². The molecule has 0 atom stereocenters. The number of carbonyl (C=O) groups is 1. The van der Waals surface area contributed by atoms with Gasteiger partial charge in [0.15, 0.2) is 18.2 Å². The zero-order chi connectivity index (χ0) is 14.5. The summed E-state index contributed by atoms with van der Waals surface area (Å²) in [5.41, 5.74) is -0.182. The van der Waals surface area contributed by atoms with Gasteiger partial charge in [-0.1, -0.05) is 12.1 Å². The highest BCUT2D eigenvalue weighted by Crippen LogP contribution is 2.25. The molecule has 1 amide bonds. The summed E-state index contributed by atoms with van der Waals surface area (Å²) in [6, 6.07) is 7.50. The second kappa shape index (κ2) is 5.83. The molecule has 0 aliphatic heterocycles. The fraction of sp³-hybridized carbons (Fsp3) is 0.167. The number of benzene rings is 1. The molecule has 0 spiro atoms. The van der Waals surface area contributed by atoms with Crippen LogP contribution in [0.2, 0.25) is 0 Å². The van der Waals surface area contributed by atoms with Gasteiger partial charge in [0.05, 0.1) is 4.92 Å². The fourth-order valence-electron chi connectivity index (χ4n) is 1.53. The van der Waals surface area contributed by atoms with Gasteiger partial charge in [-0.05, 0) is 6.07 Å². The third-order valence-electron chi connectivity index (χ3n) is 2.40. The molecule has 2 aromatic rings. The molecule has 1 heterocycles. The molecule has 2 rings (SSSR count).